The minimum atomic E-state index is -1.35. The van der Waals surface area contributed by atoms with Crippen molar-refractivity contribution in [2.24, 2.45) is 0 Å². The number of tetrazole rings is 1. The highest BCUT2D eigenvalue weighted by atomic mass is 16.5. The average molecular weight is 467 g/mol. The van der Waals surface area contributed by atoms with Crippen LogP contribution in [-0.4, -0.2) is 62.3 Å². The standard InChI is InChI=1S/C22H21N5O7/c1-33-21(31)16-9-7-15(8-10-16)20-24-26-27(25-20)12-18(28)17(11-19(29)30)23-22(32)34-13-14-5-3-2-4-6-14/h2-10,17H,11-13H2,1H3,(H,23,32)(H,29,30). The summed E-state index contributed by atoms with van der Waals surface area (Å²) in [6, 6.07) is 13.8. The molecule has 1 amide bonds. The lowest BCUT2D eigenvalue weighted by Gasteiger charge is -2.15. The fourth-order valence-electron chi connectivity index (χ4n) is 2.88. The van der Waals surface area contributed by atoms with E-state index in [0.717, 1.165) is 10.4 Å². The third kappa shape index (κ3) is 6.69. The maximum absolute atomic E-state index is 12.6. The van der Waals surface area contributed by atoms with Crippen LogP contribution in [0.1, 0.15) is 22.3 Å². The summed E-state index contributed by atoms with van der Waals surface area (Å²) in [5.74, 6) is -2.23. The van der Waals surface area contributed by atoms with E-state index in [2.05, 4.69) is 25.5 Å². The molecule has 0 saturated heterocycles. The van der Waals surface area contributed by atoms with E-state index in [-0.39, 0.29) is 12.4 Å². The molecule has 0 spiro atoms. The molecule has 12 nitrogen and oxygen atoms in total. The summed E-state index contributed by atoms with van der Waals surface area (Å²) in [4.78, 5) is 48.4. The number of methoxy groups -OCH3 is 1. The van der Waals surface area contributed by atoms with Crippen LogP contribution in [-0.2, 0) is 32.2 Å². The maximum atomic E-state index is 12.6. The van der Waals surface area contributed by atoms with Crippen molar-refractivity contribution in [1.29, 1.82) is 0 Å². The Balaban J connectivity index is 1.61. The van der Waals surface area contributed by atoms with Gasteiger partial charge in [0.15, 0.2) is 5.78 Å². The molecule has 2 aromatic carbocycles. The smallest absolute Gasteiger partial charge is 0.408 e. The lowest BCUT2D eigenvalue weighted by Crippen LogP contribution is -2.44. The number of hydrogen-bond acceptors (Lipinski definition) is 9. The highest BCUT2D eigenvalue weighted by Crippen LogP contribution is 2.15. The Bertz CT molecular complexity index is 1160. The van der Waals surface area contributed by atoms with Crippen molar-refractivity contribution in [1.82, 2.24) is 25.5 Å². The van der Waals surface area contributed by atoms with Gasteiger partial charge in [0.2, 0.25) is 5.82 Å². The van der Waals surface area contributed by atoms with Crippen LogP contribution in [0.5, 0.6) is 0 Å². The lowest BCUT2D eigenvalue weighted by molar-refractivity contribution is -0.139. The minimum absolute atomic E-state index is 0.0383. The number of carbonyl (C=O) groups excluding carboxylic acids is 3. The summed E-state index contributed by atoms with van der Waals surface area (Å²) in [5, 5.41) is 23.2. The van der Waals surface area contributed by atoms with Gasteiger partial charge < -0.3 is 19.9 Å². The molecule has 1 aromatic heterocycles. The first kappa shape index (κ1) is 24.0. The highest BCUT2D eigenvalue weighted by Gasteiger charge is 2.25. The van der Waals surface area contributed by atoms with Crippen molar-refractivity contribution in [2.45, 2.75) is 25.6 Å². The number of aromatic nitrogens is 4. The molecule has 34 heavy (non-hydrogen) atoms. The number of amides is 1. The number of ether oxygens (including phenoxy) is 2. The van der Waals surface area contributed by atoms with Gasteiger partial charge in [-0.15, -0.1) is 10.2 Å². The number of carbonyl (C=O) groups is 4. The van der Waals surface area contributed by atoms with Crippen molar-refractivity contribution in [2.75, 3.05) is 7.11 Å². The van der Waals surface area contributed by atoms with Crippen molar-refractivity contribution < 1.29 is 33.8 Å². The lowest BCUT2D eigenvalue weighted by atomic mass is 10.1. The van der Waals surface area contributed by atoms with Crippen LogP contribution >= 0.6 is 0 Å². The zero-order valence-electron chi connectivity index (χ0n) is 18.1. The average Bonchev–Trinajstić information content (AvgIpc) is 3.30. The minimum Gasteiger partial charge on any atom is -0.481 e. The Morgan fingerprint density at radius 1 is 1.06 bits per heavy atom. The molecule has 3 aromatic rings. The molecule has 2 N–H and O–H groups in total. The van der Waals surface area contributed by atoms with Gasteiger partial charge in [-0.25, -0.2) is 9.59 Å². The summed E-state index contributed by atoms with van der Waals surface area (Å²) in [6.07, 6.45) is -1.57. The number of carboxylic acids is 1. The Morgan fingerprint density at radius 3 is 2.41 bits per heavy atom. The van der Waals surface area contributed by atoms with Gasteiger partial charge in [0.05, 0.1) is 19.1 Å². The van der Waals surface area contributed by atoms with Gasteiger partial charge in [-0.1, -0.05) is 42.5 Å². The molecular weight excluding hydrogens is 446 g/mol. The quantitative estimate of drug-likeness (QED) is 0.417. The summed E-state index contributed by atoms with van der Waals surface area (Å²) in [7, 11) is 1.27. The summed E-state index contributed by atoms with van der Waals surface area (Å²) >= 11 is 0. The van der Waals surface area contributed by atoms with Crippen molar-refractivity contribution >= 4 is 23.8 Å². The molecule has 0 radical (unpaired) electrons. The molecule has 3 rings (SSSR count). The largest absolute Gasteiger partial charge is 0.481 e. The molecule has 176 valence electrons. The zero-order valence-corrected chi connectivity index (χ0v) is 18.1. The number of hydrogen-bond donors (Lipinski definition) is 2. The summed E-state index contributed by atoms with van der Waals surface area (Å²) in [5.41, 5.74) is 1.62. The Kier molecular flexibility index (Phi) is 8.00. The second-order valence-electron chi connectivity index (χ2n) is 7.04. The van der Waals surface area contributed by atoms with E-state index in [4.69, 9.17) is 9.84 Å². The van der Waals surface area contributed by atoms with Gasteiger partial charge in [0, 0.05) is 5.56 Å². The van der Waals surface area contributed by atoms with E-state index in [1.807, 2.05) is 6.07 Å². The molecular formula is C22H21N5O7. The van der Waals surface area contributed by atoms with Gasteiger partial charge >= 0.3 is 18.0 Å². The number of nitrogens with one attached hydrogen (secondary N) is 1. The molecule has 0 bridgehead atoms. The first-order chi connectivity index (χ1) is 16.4. The van der Waals surface area contributed by atoms with E-state index in [9.17, 15) is 19.2 Å². The van der Waals surface area contributed by atoms with Crippen LogP contribution in [0.3, 0.4) is 0 Å². The maximum Gasteiger partial charge on any atom is 0.408 e. The number of benzene rings is 2. The van der Waals surface area contributed by atoms with Crippen LogP contribution < -0.4 is 5.32 Å². The van der Waals surface area contributed by atoms with E-state index in [0.29, 0.717) is 11.1 Å². The van der Waals surface area contributed by atoms with Crippen molar-refractivity contribution in [3.63, 3.8) is 0 Å². The number of Topliss-reactive ketones (excluding diaryl/α,β-unsaturated/α-hetero) is 1. The predicted octanol–water partition coefficient (Wildman–Crippen LogP) is 1.47. The number of nitrogens with zero attached hydrogens (tertiary/aromatic N) is 4. The number of ketones is 1. The van der Waals surface area contributed by atoms with E-state index >= 15 is 0 Å². The van der Waals surface area contributed by atoms with Gasteiger partial charge in [0.25, 0.3) is 0 Å². The number of aliphatic carboxylic acids is 1. The van der Waals surface area contributed by atoms with Gasteiger partial charge in [-0.2, -0.15) is 4.80 Å². The molecule has 0 aliphatic carbocycles. The second kappa shape index (κ2) is 11.3. The second-order valence-corrected chi connectivity index (χ2v) is 7.04. The third-order valence-electron chi connectivity index (χ3n) is 4.59. The van der Waals surface area contributed by atoms with E-state index in [1.165, 1.54) is 19.2 Å². The SMILES string of the molecule is COC(=O)c1ccc(-c2nnn(CC(=O)C(CC(=O)O)NC(=O)OCc3ccccc3)n2)cc1. The molecule has 1 heterocycles. The Hall–Kier alpha value is -4.61. The molecule has 1 unspecified atom stereocenters. The third-order valence-corrected chi connectivity index (χ3v) is 4.59. The highest BCUT2D eigenvalue weighted by molar-refractivity contribution is 5.91. The molecule has 0 fully saturated rings. The van der Waals surface area contributed by atoms with Crippen LogP contribution in [0.25, 0.3) is 11.4 Å². The van der Waals surface area contributed by atoms with Crippen LogP contribution in [0, 0.1) is 0 Å². The Morgan fingerprint density at radius 2 is 1.76 bits per heavy atom. The van der Waals surface area contributed by atoms with Crippen molar-refractivity contribution in [3.8, 4) is 11.4 Å². The topological polar surface area (TPSA) is 163 Å². The zero-order chi connectivity index (χ0) is 24.5. The fraction of sp³-hybridized carbons (Fsp3) is 0.227. The van der Waals surface area contributed by atoms with Crippen molar-refractivity contribution in [3.05, 3.63) is 65.7 Å². The van der Waals surface area contributed by atoms with E-state index < -0.39 is 42.8 Å². The number of carboxylic acid groups (broad SMARTS) is 1. The Labute approximate surface area is 193 Å². The van der Waals surface area contributed by atoms with Crippen LogP contribution in [0.15, 0.2) is 54.6 Å². The molecule has 0 aliphatic heterocycles. The van der Waals surface area contributed by atoms with Gasteiger partial charge in [-0.3, -0.25) is 9.59 Å². The molecule has 12 heteroatoms. The normalized spacial score (nSPS) is 11.3. The predicted molar refractivity (Wildman–Crippen MR) is 115 cm³/mol. The number of alkyl carbamates (subject to hydrolysis) is 1. The van der Waals surface area contributed by atoms with Crippen LogP contribution in [0.2, 0.25) is 0 Å². The van der Waals surface area contributed by atoms with E-state index in [1.54, 1.807) is 36.4 Å². The first-order valence-corrected chi connectivity index (χ1v) is 10.0. The summed E-state index contributed by atoms with van der Waals surface area (Å²) < 4.78 is 9.70. The first-order valence-electron chi connectivity index (χ1n) is 10.0. The van der Waals surface area contributed by atoms with Crippen LogP contribution in [0.4, 0.5) is 4.79 Å². The number of rotatable bonds is 10. The molecule has 0 saturated carbocycles. The van der Waals surface area contributed by atoms with Gasteiger partial charge in [0.1, 0.15) is 19.2 Å². The summed E-state index contributed by atoms with van der Waals surface area (Å²) in [6.45, 7) is -0.465. The molecule has 1 atom stereocenters. The van der Waals surface area contributed by atoms with Gasteiger partial charge in [-0.05, 0) is 22.9 Å². The molecule has 0 aliphatic rings. The monoisotopic (exact) mass is 467 g/mol. The fourth-order valence-corrected chi connectivity index (χ4v) is 2.88. The number of esters is 1.